The van der Waals surface area contributed by atoms with E-state index in [1.165, 1.54) is 12.1 Å². The number of guanidine groups is 1. The van der Waals surface area contributed by atoms with Crippen molar-refractivity contribution in [3.63, 3.8) is 0 Å². The molecule has 0 saturated heterocycles. The maximum absolute atomic E-state index is 14.7. The van der Waals surface area contributed by atoms with Crippen LogP contribution >= 0.6 is 0 Å². The van der Waals surface area contributed by atoms with Crippen molar-refractivity contribution in [1.82, 2.24) is 42.1 Å². The van der Waals surface area contributed by atoms with Gasteiger partial charge < -0.3 is 58.5 Å². The van der Waals surface area contributed by atoms with Gasteiger partial charge >= 0.3 is 12.1 Å². The molecule has 7 amide bonds. The number of amides is 7. The van der Waals surface area contributed by atoms with Crippen LogP contribution in [0.4, 0.5) is 15.3 Å². The Morgan fingerprint density at radius 3 is 2.10 bits per heavy atom. The van der Waals surface area contributed by atoms with Crippen LogP contribution in [0.3, 0.4) is 0 Å². The fourth-order valence-corrected chi connectivity index (χ4v) is 7.40. The second-order valence-electron chi connectivity index (χ2n) is 17.7. The van der Waals surface area contributed by atoms with E-state index in [0.717, 1.165) is 22.4 Å². The Hall–Kier alpha value is -6.93. The van der Waals surface area contributed by atoms with E-state index in [1.54, 1.807) is 39.8 Å². The van der Waals surface area contributed by atoms with Gasteiger partial charge in [0.25, 0.3) is 0 Å². The number of aromatic hydroxyl groups is 1. The van der Waals surface area contributed by atoms with Crippen LogP contribution in [0.5, 0.6) is 5.75 Å². The number of unbranched alkanes of at least 4 members (excludes halogenated alkanes) is 1. The van der Waals surface area contributed by atoms with Gasteiger partial charge in [0, 0.05) is 64.5 Å². The average molecular weight is 957 g/mol. The van der Waals surface area contributed by atoms with Crippen LogP contribution < -0.4 is 54.0 Å². The number of hydrogen-bond acceptors (Lipinski definition) is 12. The molecule has 3 aromatic rings. The smallest absolute Gasteiger partial charge is 0.408 e. The topological polar surface area (TPSA) is 296 Å². The average Bonchev–Trinajstić information content (AvgIpc) is 3.73. The van der Waals surface area contributed by atoms with Crippen LogP contribution in [0.15, 0.2) is 77.8 Å². The summed E-state index contributed by atoms with van der Waals surface area (Å²) >= 11 is 0. The highest BCUT2D eigenvalue weighted by atomic mass is 16.6. The minimum atomic E-state index is -0.982. The summed E-state index contributed by atoms with van der Waals surface area (Å²) in [7, 11) is 0. The molecule has 0 radical (unpaired) electrons. The van der Waals surface area contributed by atoms with Gasteiger partial charge in [-0.3, -0.25) is 34.4 Å². The molecule has 0 bridgehead atoms. The van der Waals surface area contributed by atoms with Crippen molar-refractivity contribution >= 4 is 47.4 Å². The van der Waals surface area contributed by atoms with E-state index < -0.39 is 41.8 Å². The number of nitrogens with two attached hydrogens (primary N) is 2. The molecule has 0 fully saturated rings. The Labute approximate surface area is 404 Å². The number of phenols is 1. The third-order valence-corrected chi connectivity index (χ3v) is 10.9. The normalized spacial score (nSPS) is 13.7. The molecule has 69 heavy (non-hydrogen) atoms. The number of fused-ring (bicyclic) bond motifs is 1. The third-order valence-electron chi connectivity index (χ3n) is 10.9. The Morgan fingerprint density at radius 2 is 1.42 bits per heavy atom. The van der Waals surface area contributed by atoms with Gasteiger partial charge in [-0.05, 0) is 112 Å². The van der Waals surface area contributed by atoms with Gasteiger partial charge in [0.15, 0.2) is 5.96 Å². The molecule has 0 aliphatic carbocycles. The quantitative estimate of drug-likeness (QED) is 0.0315. The maximum atomic E-state index is 14.7. The van der Waals surface area contributed by atoms with Crippen molar-refractivity contribution in [2.45, 2.75) is 116 Å². The number of rotatable bonds is 26. The van der Waals surface area contributed by atoms with E-state index in [1.807, 2.05) is 48.5 Å². The molecule has 0 spiro atoms. The number of anilines is 1. The zero-order chi connectivity index (χ0) is 50.2. The van der Waals surface area contributed by atoms with Gasteiger partial charge in [-0.25, -0.2) is 9.59 Å². The lowest BCUT2D eigenvalue weighted by Gasteiger charge is -2.29. The molecular weight excluding hydrogens is 885 g/mol. The zero-order valence-corrected chi connectivity index (χ0v) is 40.3. The maximum Gasteiger partial charge on any atom is 0.408 e. The number of urea groups is 1. The summed E-state index contributed by atoms with van der Waals surface area (Å²) in [4.78, 5) is 84.2. The van der Waals surface area contributed by atoms with Crippen LogP contribution in [0.1, 0.15) is 101 Å². The Bertz CT molecular complexity index is 2160. The summed E-state index contributed by atoms with van der Waals surface area (Å²) in [5.74, 6) is -1.29. The van der Waals surface area contributed by atoms with Crippen LogP contribution in [0, 0.1) is 0 Å². The lowest BCUT2D eigenvalue weighted by molar-refractivity contribution is -0.132. The van der Waals surface area contributed by atoms with Crippen molar-refractivity contribution < 1.29 is 38.6 Å². The second kappa shape index (κ2) is 28.4. The van der Waals surface area contributed by atoms with Gasteiger partial charge in [0.1, 0.15) is 29.5 Å². The molecule has 13 N–H and O–H groups in total. The van der Waals surface area contributed by atoms with E-state index in [9.17, 15) is 33.9 Å². The monoisotopic (exact) mass is 957 g/mol. The number of carbonyl (C=O) groups is 6. The summed E-state index contributed by atoms with van der Waals surface area (Å²) in [6.07, 6.45) is 2.53. The predicted molar refractivity (Wildman–Crippen MR) is 264 cm³/mol. The van der Waals surface area contributed by atoms with E-state index in [4.69, 9.17) is 16.2 Å². The fourth-order valence-electron chi connectivity index (χ4n) is 7.40. The van der Waals surface area contributed by atoms with E-state index in [2.05, 4.69) is 52.4 Å². The first-order valence-corrected chi connectivity index (χ1v) is 23.6. The number of carbonyl (C=O) groups excluding carboxylic acids is 6. The number of phenolic OH excluding ortho intramolecular Hbond substituents is 1. The Balaban J connectivity index is 1.44. The highest BCUT2D eigenvalue weighted by Crippen LogP contribution is 2.33. The lowest BCUT2D eigenvalue weighted by Crippen LogP contribution is -2.50. The van der Waals surface area contributed by atoms with Crippen molar-refractivity contribution in [2.24, 2.45) is 16.5 Å². The standard InChI is InChI=1S/C49H72N12O8/c1-5-41(63)53-27-28-56-47(67)60-46(51)55-24-11-18-39(44(65)57-30-33-19-21-38(62)22-20-33)58-45(66)42(61-31-35-13-6-7-14-36(35)32-61)34-15-10-16-37(29-34)52-25-12-26-54-43(64)40(17-8-9-23-50)59-48(68)69-49(2,3)4/h6-7,10,13-16,19-22,29,39-40,42,52,62H,5,8-9,11-12,17-18,23-28,30-32,50H2,1-4H3,(H,53,63)(H,54,64)(H,57,65)(H,58,66)(H,59,68)(H4,51,55,56,60,67)/t39-,40-,42+/m1/s1. The molecule has 0 saturated carbocycles. The van der Waals surface area contributed by atoms with Gasteiger partial charge in [-0.1, -0.05) is 55.5 Å². The van der Waals surface area contributed by atoms with Crippen LogP contribution in [0.25, 0.3) is 0 Å². The van der Waals surface area contributed by atoms with E-state index in [-0.39, 0.29) is 62.0 Å². The summed E-state index contributed by atoms with van der Waals surface area (Å²) in [5.41, 5.74) is 15.3. The van der Waals surface area contributed by atoms with Crippen molar-refractivity contribution in [3.05, 3.63) is 95.1 Å². The Morgan fingerprint density at radius 1 is 0.754 bits per heavy atom. The fraction of sp³-hybridized carbons (Fsp3) is 0.490. The van der Waals surface area contributed by atoms with E-state index >= 15 is 0 Å². The van der Waals surface area contributed by atoms with Gasteiger partial charge in [0.05, 0.1) is 0 Å². The van der Waals surface area contributed by atoms with Crippen LogP contribution in [-0.2, 0) is 43.5 Å². The molecule has 3 aromatic carbocycles. The van der Waals surface area contributed by atoms with Crippen molar-refractivity contribution in [3.8, 4) is 5.75 Å². The van der Waals surface area contributed by atoms with Crippen LogP contribution in [0.2, 0.25) is 0 Å². The van der Waals surface area contributed by atoms with Crippen molar-refractivity contribution in [1.29, 1.82) is 0 Å². The molecule has 1 aliphatic rings. The minimum Gasteiger partial charge on any atom is -0.508 e. The lowest BCUT2D eigenvalue weighted by atomic mass is 10.0. The highest BCUT2D eigenvalue weighted by molar-refractivity contribution is 5.95. The first-order valence-electron chi connectivity index (χ1n) is 23.6. The number of nitrogens with one attached hydrogen (secondary N) is 8. The molecule has 0 unspecified atom stereocenters. The minimum absolute atomic E-state index is 0.0925. The van der Waals surface area contributed by atoms with E-state index in [0.29, 0.717) is 76.8 Å². The SMILES string of the molecule is CCC(=O)NCCNC(=O)NC(N)=NCCC[C@@H](NC(=O)[C@H](c1cccc(NCCCNC(=O)[C@@H](CCCCN)NC(=O)OC(C)(C)C)c1)N1Cc2ccccc2C1)C(=O)NCc1ccc(O)cc1. The summed E-state index contributed by atoms with van der Waals surface area (Å²) in [6.45, 7) is 10.0. The first kappa shape index (κ1) is 54.7. The molecular formula is C49H72N12O8. The molecule has 1 aliphatic heterocycles. The number of ether oxygens (including phenoxy) is 1. The largest absolute Gasteiger partial charge is 0.508 e. The first-order chi connectivity index (χ1) is 33.0. The number of aliphatic imine (C=N–C) groups is 1. The van der Waals surface area contributed by atoms with Gasteiger partial charge in [-0.15, -0.1) is 0 Å². The molecule has 4 rings (SSSR count). The van der Waals surface area contributed by atoms with Gasteiger partial charge in [0.2, 0.25) is 23.6 Å². The van der Waals surface area contributed by atoms with Crippen LogP contribution in [-0.4, -0.2) is 109 Å². The number of nitrogens with zero attached hydrogens (tertiary/aromatic N) is 2. The molecule has 1 heterocycles. The summed E-state index contributed by atoms with van der Waals surface area (Å²) in [5, 5.41) is 32.4. The zero-order valence-electron chi connectivity index (χ0n) is 40.3. The third kappa shape index (κ3) is 20.1. The summed E-state index contributed by atoms with van der Waals surface area (Å²) < 4.78 is 5.37. The summed E-state index contributed by atoms with van der Waals surface area (Å²) in [6, 6.07) is 18.8. The van der Waals surface area contributed by atoms with Gasteiger partial charge in [-0.2, -0.15) is 0 Å². The molecule has 376 valence electrons. The molecule has 20 nitrogen and oxygen atoms in total. The molecule has 0 aromatic heterocycles. The number of alkyl carbamates (subject to hydrolysis) is 1. The van der Waals surface area contributed by atoms with Crippen molar-refractivity contribution in [2.75, 3.05) is 44.6 Å². The number of benzene rings is 3. The number of hydrogen-bond donors (Lipinski definition) is 11. The predicted octanol–water partition coefficient (Wildman–Crippen LogP) is 3.11. The Kier molecular flexibility index (Phi) is 22.5. The molecule has 3 atom stereocenters. The second-order valence-corrected chi connectivity index (χ2v) is 17.7. The molecule has 20 heteroatoms. The highest BCUT2D eigenvalue weighted by Gasteiger charge is 2.34.